The van der Waals surface area contributed by atoms with Crippen LogP contribution in [0.15, 0.2) is 12.1 Å². The summed E-state index contributed by atoms with van der Waals surface area (Å²) in [4.78, 5) is 0. The average Bonchev–Trinajstić information content (AvgIpc) is 2.13. The van der Waals surface area contributed by atoms with Crippen molar-refractivity contribution >= 4 is 12.4 Å². The third-order valence-electron chi connectivity index (χ3n) is 1.66. The van der Waals surface area contributed by atoms with E-state index in [2.05, 4.69) is 0 Å². The molecular formula is C8H9ClF3NO. The van der Waals surface area contributed by atoms with E-state index in [-0.39, 0.29) is 18.0 Å². The monoisotopic (exact) mass is 227 g/mol. The van der Waals surface area contributed by atoms with E-state index in [1.807, 2.05) is 0 Å². The van der Waals surface area contributed by atoms with Gasteiger partial charge < -0.3 is 10.8 Å². The predicted octanol–water partition coefficient (Wildman–Crippen LogP) is 1.52. The van der Waals surface area contributed by atoms with E-state index in [0.29, 0.717) is 0 Å². The molecule has 14 heavy (non-hydrogen) atoms. The van der Waals surface area contributed by atoms with Crippen molar-refractivity contribution in [3.05, 3.63) is 35.1 Å². The van der Waals surface area contributed by atoms with E-state index in [4.69, 9.17) is 10.8 Å². The zero-order valence-corrected chi connectivity index (χ0v) is 7.82. The molecule has 80 valence electrons. The molecule has 1 aromatic rings. The summed E-state index contributed by atoms with van der Waals surface area (Å²) >= 11 is 0. The lowest BCUT2D eigenvalue weighted by Crippen LogP contribution is -2.17. The maximum atomic E-state index is 12.9. The number of aliphatic hydroxyl groups is 1. The number of halogens is 4. The molecular weight excluding hydrogens is 219 g/mol. The molecule has 0 aliphatic rings. The van der Waals surface area contributed by atoms with Gasteiger partial charge in [0.25, 0.3) is 0 Å². The minimum atomic E-state index is -1.57. The summed E-state index contributed by atoms with van der Waals surface area (Å²) in [7, 11) is 0. The number of benzene rings is 1. The Morgan fingerprint density at radius 3 is 2.29 bits per heavy atom. The lowest BCUT2D eigenvalue weighted by molar-refractivity contribution is 0.264. The van der Waals surface area contributed by atoms with Gasteiger partial charge in [0, 0.05) is 5.56 Å². The Morgan fingerprint density at radius 2 is 1.79 bits per heavy atom. The van der Waals surface area contributed by atoms with Gasteiger partial charge >= 0.3 is 0 Å². The second kappa shape index (κ2) is 5.19. The smallest absolute Gasteiger partial charge is 0.194 e. The lowest BCUT2D eigenvalue weighted by atomic mass is 10.1. The van der Waals surface area contributed by atoms with E-state index in [0.717, 1.165) is 12.1 Å². The van der Waals surface area contributed by atoms with Crippen LogP contribution in [-0.2, 0) is 0 Å². The molecule has 0 aliphatic heterocycles. The fourth-order valence-electron chi connectivity index (χ4n) is 0.926. The Hall–Kier alpha value is -0.780. The molecule has 0 spiro atoms. The minimum Gasteiger partial charge on any atom is -0.394 e. The molecule has 2 nitrogen and oxygen atoms in total. The highest BCUT2D eigenvalue weighted by Crippen LogP contribution is 2.19. The number of hydrogen-bond acceptors (Lipinski definition) is 2. The Morgan fingerprint density at radius 1 is 1.21 bits per heavy atom. The summed E-state index contributed by atoms with van der Waals surface area (Å²) in [5.41, 5.74) is 5.00. The van der Waals surface area contributed by atoms with Crippen LogP contribution < -0.4 is 5.73 Å². The first-order valence-electron chi connectivity index (χ1n) is 3.57. The number of hydrogen-bond donors (Lipinski definition) is 2. The molecule has 0 saturated carbocycles. The summed E-state index contributed by atoms with van der Waals surface area (Å²) < 4.78 is 37.9. The second-order valence-corrected chi connectivity index (χ2v) is 2.55. The van der Waals surface area contributed by atoms with Crippen LogP contribution in [0.5, 0.6) is 0 Å². The molecule has 3 N–H and O–H groups in total. The molecule has 0 fully saturated rings. The predicted molar refractivity (Wildman–Crippen MR) is 47.6 cm³/mol. The fourth-order valence-corrected chi connectivity index (χ4v) is 0.926. The van der Waals surface area contributed by atoms with E-state index in [1.165, 1.54) is 0 Å². The van der Waals surface area contributed by atoms with Crippen LogP contribution in [0, 0.1) is 17.5 Å². The summed E-state index contributed by atoms with van der Waals surface area (Å²) in [5.74, 6) is -4.19. The zero-order valence-electron chi connectivity index (χ0n) is 7.01. The van der Waals surface area contributed by atoms with Gasteiger partial charge in [-0.15, -0.1) is 12.4 Å². The fraction of sp³-hybridized carbons (Fsp3) is 0.250. The third kappa shape index (κ3) is 2.37. The number of rotatable bonds is 2. The number of nitrogens with two attached hydrogens (primary N) is 1. The second-order valence-electron chi connectivity index (χ2n) is 2.55. The maximum absolute atomic E-state index is 12.9. The van der Waals surface area contributed by atoms with Crippen molar-refractivity contribution in [1.29, 1.82) is 0 Å². The molecule has 1 rings (SSSR count). The van der Waals surface area contributed by atoms with Gasteiger partial charge in [-0.3, -0.25) is 0 Å². The van der Waals surface area contributed by atoms with Crippen molar-refractivity contribution < 1.29 is 18.3 Å². The van der Waals surface area contributed by atoms with E-state index in [1.54, 1.807) is 0 Å². The van der Waals surface area contributed by atoms with Crippen molar-refractivity contribution in [2.24, 2.45) is 5.73 Å². The van der Waals surface area contributed by atoms with Crippen molar-refractivity contribution in [2.45, 2.75) is 6.04 Å². The standard InChI is InChI=1S/C8H8F3NO.ClH/c9-5-2-1-4(6(12)3-13)7(10)8(5)11;/h1-2,6,13H,3,12H2;1H/t6-;/m0./s1. The summed E-state index contributed by atoms with van der Waals surface area (Å²) in [6, 6.07) is 0.743. The lowest BCUT2D eigenvalue weighted by Gasteiger charge is -2.09. The van der Waals surface area contributed by atoms with Gasteiger partial charge in [0.15, 0.2) is 17.5 Å². The van der Waals surface area contributed by atoms with Gasteiger partial charge in [0.05, 0.1) is 12.6 Å². The van der Waals surface area contributed by atoms with E-state index < -0.39 is 30.1 Å². The number of aliphatic hydroxyl groups excluding tert-OH is 1. The van der Waals surface area contributed by atoms with Gasteiger partial charge in [-0.2, -0.15) is 0 Å². The molecule has 0 aromatic heterocycles. The molecule has 6 heteroatoms. The first-order valence-corrected chi connectivity index (χ1v) is 3.57. The van der Waals surface area contributed by atoms with Gasteiger partial charge in [0.2, 0.25) is 0 Å². The van der Waals surface area contributed by atoms with Crippen LogP contribution in [-0.4, -0.2) is 11.7 Å². The van der Waals surface area contributed by atoms with Crippen molar-refractivity contribution in [3.8, 4) is 0 Å². The molecule has 1 aromatic carbocycles. The van der Waals surface area contributed by atoms with Crippen LogP contribution in [0.25, 0.3) is 0 Å². The van der Waals surface area contributed by atoms with Crippen LogP contribution in [0.3, 0.4) is 0 Å². The third-order valence-corrected chi connectivity index (χ3v) is 1.66. The van der Waals surface area contributed by atoms with Crippen LogP contribution >= 0.6 is 12.4 Å². The Bertz CT molecular complexity index is 322. The van der Waals surface area contributed by atoms with E-state index >= 15 is 0 Å². The van der Waals surface area contributed by atoms with Crippen LogP contribution in [0.4, 0.5) is 13.2 Å². The molecule has 0 amide bonds. The highest BCUT2D eigenvalue weighted by molar-refractivity contribution is 5.85. The molecule has 0 bridgehead atoms. The van der Waals surface area contributed by atoms with Crippen molar-refractivity contribution in [1.82, 2.24) is 0 Å². The Balaban J connectivity index is 0.00000169. The summed E-state index contributed by atoms with van der Waals surface area (Å²) in [6.07, 6.45) is 0. The van der Waals surface area contributed by atoms with Crippen molar-refractivity contribution in [2.75, 3.05) is 6.61 Å². The first kappa shape index (κ1) is 13.2. The Kier molecular flexibility index (Phi) is 4.90. The van der Waals surface area contributed by atoms with Gasteiger partial charge in [-0.25, -0.2) is 13.2 Å². The van der Waals surface area contributed by atoms with Crippen LogP contribution in [0.1, 0.15) is 11.6 Å². The average molecular weight is 228 g/mol. The van der Waals surface area contributed by atoms with Gasteiger partial charge in [-0.1, -0.05) is 6.07 Å². The molecule has 0 heterocycles. The molecule has 0 radical (unpaired) electrons. The minimum absolute atomic E-state index is 0. The van der Waals surface area contributed by atoms with Crippen LogP contribution in [0.2, 0.25) is 0 Å². The Labute approximate surface area is 84.9 Å². The summed E-state index contributed by atoms with van der Waals surface area (Å²) in [6.45, 7) is -0.526. The maximum Gasteiger partial charge on any atom is 0.194 e. The summed E-state index contributed by atoms with van der Waals surface area (Å²) in [5, 5.41) is 8.56. The van der Waals surface area contributed by atoms with E-state index in [9.17, 15) is 13.2 Å². The van der Waals surface area contributed by atoms with Gasteiger partial charge in [-0.05, 0) is 6.07 Å². The van der Waals surface area contributed by atoms with Gasteiger partial charge in [0.1, 0.15) is 0 Å². The molecule has 1 atom stereocenters. The zero-order chi connectivity index (χ0) is 10.0. The highest BCUT2D eigenvalue weighted by Gasteiger charge is 2.17. The molecule has 0 aliphatic carbocycles. The SMILES string of the molecule is Cl.N[C@@H](CO)c1ccc(F)c(F)c1F. The molecule has 0 unspecified atom stereocenters. The quantitative estimate of drug-likeness (QED) is 0.753. The normalized spacial score (nSPS) is 12.1. The molecule has 0 saturated heterocycles. The first-order chi connectivity index (χ1) is 6.07. The largest absolute Gasteiger partial charge is 0.394 e. The van der Waals surface area contributed by atoms with Crippen molar-refractivity contribution in [3.63, 3.8) is 0 Å². The topological polar surface area (TPSA) is 46.2 Å². The highest BCUT2D eigenvalue weighted by atomic mass is 35.5.